The van der Waals surface area contributed by atoms with Crippen LogP contribution in [0.25, 0.3) is 11.4 Å². The lowest BCUT2D eigenvalue weighted by atomic mass is 9.95. The topological polar surface area (TPSA) is 119 Å². The molecule has 8 rings (SSSR count). The summed E-state index contributed by atoms with van der Waals surface area (Å²) in [5.41, 5.74) is 1.91. The molecule has 18 heteroatoms. The fourth-order valence-corrected chi connectivity index (χ4v) is 11.2. The quantitative estimate of drug-likeness (QED) is 0.182. The molecule has 1 N–H and O–H groups in total. The molecule has 0 spiro atoms. The maximum absolute atomic E-state index is 13.4. The molecule has 0 radical (unpaired) electrons. The third-order valence-electron chi connectivity index (χ3n) is 11.1. The van der Waals surface area contributed by atoms with Gasteiger partial charge in [-0.05, 0) is 119 Å². The monoisotopic (exact) mass is 826 g/mol. The molecular formula is C38H44F6N6O4S2. The summed E-state index contributed by atoms with van der Waals surface area (Å²) < 4.78 is 137. The average Bonchev–Trinajstić information content (AvgIpc) is 4.01. The highest BCUT2D eigenvalue weighted by Gasteiger charge is 2.41. The summed E-state index contributed by atoms with van der Waals surface area (Å²) in [7, 11) is -6.89. The first kappa shape index (κ1) is 40.5. The minimum absolute atomic E-state index is 0.158. The summed E-state index contributed by atoms with van der Waals surface area (Å²) in [5.74, 6) is 0. The Kier molecular flexibility index (Phi) is 11.5. The van der Waals surface area contributed by atoms with Crippen LogP contribution in [0.5, 0.6) is 0 Å². The van der Waals surface area contributed by atoms with E-state index in [-0.39, 0.29) is 22.3 Å². The van der Waals surface area contributed by atoms with Gasteiger partial charge in [0.05, 0.1) is 21.5 Å². The van der Waals surface area contributed by atoms with Gasteiger partial charge in [-0.25, -0.2) is 30.9 Å². The third kappa shape index (κ3) is 8.43. The van der Waals surface area contributed by atoms with Gasteiger partial charge in [-0.15, -0.1) is 0 Å². The molecule has 0 bridgehead atoms. The summed E-state index contributed by atoms with van der Waals surface area (Å²) in [6.07, 6.45) is 0.976. The highest BCUT2D eigenvalue weighted by molar-refractivity contribution is 7.90. The fraction of sp³-hybridized carbons (Fsp3) is 0.526. The van der Waals surface area contributed by atoms with Crippen molar-refractivity contribution < 1.29 is 43.2 Å². The highest BCUT2D eigenvalue weighted by Crippen LogP contribution is 2.38. The van der Waals surface area contributed by atoms with E-state index in [1.807, 2.05) is 0 Å². The second-order valence-electron chi connectivity index (χ2n) is 14.8. The van der Waals surface area contributed by atoms with Crippen molar-refractivity contribution in [2.24, 2.45) is 0 Å². The van der Waals surface area contributed by atoms with Gasteiger partial charge in [0.15, 0.2) is 11.4 Å². The van der Waals surface area contributed by atoms with Crippen LogP contribution < -0.4 is 4.72 Å². The first-order valence-electron chi connectivity index (χ1n) is 19.1. The standard InChI is InChI=1S/C20H24F3N3O2S.C18H20F3N3O2S/c21-20(22,23)19-17-7-3-4-8-18(17)26(25-19)15-11-9-14(10-12-15)13-24-29(27,28)16-5-1-2-6-16;19-18(20,21)17-15-5-1-2-6-16(15)24(22-17)13-7-9-14(10-8-13)27(25,26)23-11-3-4-12-23/h9-12,16,24H,1-8,13H2;7-10H,1-6,11-12H2. The molecule has 4 aliphatic rings. The molecule has 2 aromatic carbocycles. The Bertz CT molecular complexity index is 2240. The van der Waals surface area contributed by atoms with E-state index in [9.17, 15) is 43.2 Å². The lowest BCUT2D eigenvalue weighted by molar-refractivity contribution is -0.142. The smallest absolute Gasteiger partial charge is 0.237 e. The van der Waals surface area contributed by atoms with Crippen LogP contribution in [-0.4, -0.2) is 59.0 Å². The zero-order valence-electron chi connectivity index (χ0n) is 30.7. The molecule has 56 heavy (non-hydrogen) atoms. The minimum atomic E-state index is -4.49. The van der Waals surface area contributed by atoms with Crippen LogP contribution in [0.2, 0.25) is 0 Å². The number of alkyl halides is 6. The molecular weight excluding hydrogens is 783 g/mol. The fourth-order valence-electron chi connectivity index (χ4n) is 8.17. The van der Waals surface area contributed by atoms with Gasteiger partial charge in [-0.3, -0.25) is 0 Å². The van der Waals surface area contributed by atoms with Crippen LogP contribution >= 0.6 is 0 Å². The van der Waals surface area contributed by atoms with Gasteiger partial charge in [0.25, 0.3) is 0 Å². The molecule has 1 aliphatic heterocycles. The Morgan fingerprint density at radius 3 is 1.52 bits per heavy atom. The van der Waals surface area contributed by atoms with Crippen LogP contribution in [0.1, 0.15) is 104 Å². The molecule has 3 aliphatic carbocycles. The van der Waals surface area contributed by atoms with Crippen molar-refractivity contribution in [3.63, 3.8) is 0 Å². The van der Waals surface area contributed by atoms with Gasteiger partial charge < -0.3 is 0 Å². The SMILES string of the molecule is O=S(=O)(NCc1ccc(-n2nc(C(F)(F)F)c3c2CCCC3)cc1)C1CCCC1.O=S(=O)(c1ccc(-n2nc(C(F)(F)F)c3c2CCCC3)cc1)N1CCCC1. The largest absolute Gasteiger partial charge is 0.435 e. The second-order valence-corrected chi connectivity index (χ2v) is 18.8. The molecule has 4 aromatic rings. The lowest BCUT2D eigenvalue weighted by Crippen LogP contribution is -2.32. The van der Waals surface area contributed by atoms with Crippen molar-refractivity contribution in [2.75, 3.05) is 13.1 Å². The zero-order chi connectivity index (χ0) is 39.9. The first-order valence-corrected chi connectivity index (χ1v) is 22.1. The summed E-state index contributed by atoms with van der Waals surface area (Å²) in [6, 6.07) is 12.8. The summed E-state index contributed by atoms with van der Waals surface area (Å²) in [4.78, 5) is 0.158. The van der Waals surface area contributed by atoms with E-state index in [1.165, 1.54) is 37.9 Å². The average molecular weight is 827 g/mol. The zero-order valence-corrected chi connectivity index (χ0v) is 32.3. The van der Waals surface area contributed by atoms with Gasteiger partial charge in [0.2, 0.25) is 20.0 Å². The Morgan fingerprint density at radius 2 is 1.05 bits per heavy atom. The summed E-state index contributed by atoms with van der Waals surface area (Å²) in [5, 5.41) is 7.39. The second kappa shape index (κ2) is 15.9. The van der Waals surface area contributed by atoms with E-state index in [4.69, 9.17) is 0 Å². The first-order chi connectivity index (χ1) is 26.5. The third-order valence-corrected chi connectivity index (χ3v) is 14.9. The number of rotatable bonds is 8. The van der Waals surface area contributed by atoms with Crippen molar-refractivity contribution in [1.82, 2.24) is 28.6 Å². The van der Waals surface area contributed by atoms with E-state index in [0.717, 1.165) is 56.9 Å². The van der Waals surface area contributed by atoms with Crippen LogP contribution in [0.15, 0.2) is 53.4 Å². The van der Waals surface area contributed by atoms with Gasteiger partial charge in [-0.2, -0.15) is 40.8 Å². The number of sulfonamides is 2. The lowest BCUT2D eigenvalue weighted by Gasteiger charge is -2.16. The van der Waals surface area contributed by atoms with Crippen molar-refractivity contribution in [3.05, 3.63) is 88.0 Å². The molecule has 0 amide bonds. The number of hydrogen-bond acceptors (Lipinski definition) is 6. The van der Waals surface area contributed by atoms with E-state index in [0.29, 0.717) is 79.9 Å². The van der Waals surface area contributed by atoms with Gasteiger partial charge in [0.1, 0.15) is 0 Å². The van der Waals surface area contributed by atoms with Crippen molar-refractivity contribution in [3.8, 4) is 11.4 Å². The van der Waals surface area contributed by atoms with Crippen molar-refractivity contribution in [2.45, 2.75) is 119 Å². The van der Waals surface area contributed by atoms with E-state index < -0.39 is 43.8 Å². The van der Waals surface area contributed by atoms with Gasteiger partial charge in [0, 0.05) is 42.1 Å². The van der Waals surface area contributed by atoms with Gasteiger partial charge >= 0.3 is 12.4 Å². The maximum Gasteiger partial charge on any atom is 0.435 e. The predicted molar refractivity (Wildman–Crippen MR) is 196 cm³/mol. The predicted octanol–water partition coefficient (Wildman–Crippen LogP) is 7.69. The van der Waals surface area contributed by atoms with Crippen molar-refractivity contribution in [1.29, 1.82) is 0 Å². The molecule has 0 unspecified atom stereocenters. The van der Waals surface area contributed by atoms with E-state index >= 15 is 0 Å². The Labute approximate surface area is 322 Å². The molecule has 304 valence electrons. The number of nitrogens with zero attached hydrogens (tertiary/aromatic N) is 5. The molecule has 1 saturated heterocycles. The Balaban J connectivity index is 0.000000172. The molecule has 2 fully saturated rings. The Morgan fingerprint density at radius 1 is 0.607 bits per heavy atom. The number of hydrogen-bond donors (Lipinski definition) is 1. The normalized spacial score (nSPS) is 18.4. The van der Waals surface area contributed by atoms with Crippen molar-refractivity contribution >= 4 is 20.0 Å². The Hall–Kier alpha value is -3.74. The maximum atomic E-state index is 13.4. The summed E-state index contributed by atoms with van der Waals surface area (Å²) in [6.45, 7) is 1.18. The highest BCUT2D eigenvalue weighted by atomic mass is 32.2. The summed E-state index contributed by atoms with van der Waals surface area (Å²) >= 11 is 0. The van der Waals surface area contributed by atoms with Gasteiger partial charge in [-0.1, -0.05) is 25.0 Å². The molecule has 2 aromatic heterocycles. The van der Waals surface area contributed by atoms with Crippen LogP contribution in [-0.2, 0) is 64.6 Å². The minimum Gasteiger partial charge on any atom is -0.237 e. The van der Waals surface area contributed by atoms with Crippen LogP contribution in [0.4, 0.5) is 26.3 Å². The van der Waals surface area contributed by atoms with E-state index in [2.05, 4.69) is 14.9 Å². The number of aromatic nitrogens is 4. The number of fused-ring (bicyclic) bond motifs is 2. The molecule has 1 saturated carbocycles. The van der Waals surface area contributed by atoms with Crippen LogP contribution in [0, 0.1) is 0 Å². The number of nitrogens with one attached hydrogen (secondary N) is 1. The molecule has 3 heterocycles. The number of benzene rings is 2. The van der Waals surface area contributed by atoms with E-state index in [1.54, 1.807) is 24.3 Å². The number of halogens is 6. The molecule has 0 atom stereocenters. The molecule has 10 nitrogen and oxygen atoms in total. The van der Waals surface area contributed by atoms with Crippen LogP contribution in [0.3, 0.4) is 0 Å².